The summed E-state index contributed by atoms with van der Waals surface area (Å²) in [5.41, 5.74) is 3.52. The van der Waals surface area contributed by atoms with E-state index in [0.717, 1.165) is 22.5 Å². The van der Waals surface area contributed by atoms with Gasteiger partial charge in [-0.1, -0.05) is 36.0 Å². The van der Waals surface area contributed by atoms with Crippen molar-refractivity contribution in [2.75, 3.05) is 39.5 Å². The lowest BCUT2D eigenvalue weighted by Crippen LogP contribution is -2.52. The number of carbonyl (C=O) groups is 2. The van der Waals surface area contributed by atoms with Crippen molar-refractivity contribution >= 4 is 21.8 Å². The Kier molecular flexibility index (Phi) is 8.44. The van der Waals surface area contributed by atoms with Gasteiger partial charge in [0.05, 0.1) is 12.0 Å². The number of allylic oxidation sites excluding steroid dienone is 6. The molecule has 1 fully saturated rings. The summed E-state index contributed by atoms with van der Waals surface area (Å²) in [5.74, 6) is 0.324. The fourth-order valence-electron chi connectivity index (χ4n) is 5.41. The Hall–Kier alpha value is -3.27. The minimum Gasteiger partial charge on any atom is -0.447 e. The first-order valence-corrected chi connectivity index (χ1v) is 15.4. The summed E-state index contributed by atoms with van der Waals surface area (Å²) in [6, 6.07) is -0.240. The lowest BCUT2D eigenvalue weighted by atomic mass is 9.87. The number of hydrogen-bond acceptors (Lipinski definition) is 7. The van der Waals surface area contributed by atoms with Crippen LogP contribution in [0.2, 0.25) is 0 Å². The summed E-state index contributed by atoms with van der Waals surface area (Å²) in [5, 5.41) is 2.83. The zero-order valence-corrected chi connectivity index (χ0v) is 24.5. The smallest absolute Gasteiger partial charge is 0.410 e. The maximum absolute atomic E-state index is 13.7. The van der Waals surface area contributed by atoms with E-state index in [2.05, 4.69) is 22.4 Å². The summed E-state index contributed by atoms with van der Waals surface area (Å²) in [6.45, 7) is 9.84. The van der Waals surface area contributed by atoms with Crippen LogP contribution in [0.1, 0.15) is 34.1 Å². The monoisotopic (exact) mass is 556 g/mol. The lowest BCUT2D eigenvalue weighted by molar-refractivity contribution is -0.131. The number of rotatable bonds is 6. The van der Waals surface area contributed by atoms with Crippen LogP contribution < -0.4 is 5.32 Å². The molecule has 212 valence electrons. The van der Waals surface area contributed by atoms with Crippen molar-refractivity contribution < 1.29 is 22.7 Å². The highest BCUT2D eigenvalue weighted by molar-refractivity contribution is 7.91. The highest BCUT2D eigenvalue weighted by atomic mass is 32.2. The van der Waals surface area contributed by atoms with Gasteiger partial charge in [-0.15, -0.1) is 0 Å². The van der Waals surface area contributed by atoms with Crippen LogP contribution in [0.3, 0.4) is 0 Å². The highest BCUT2D eigenvalue weighted by Gasteiger charge is 2.37. The van der Waals surface area contributed by atoms with Crippen LogP contribution in [0.25, 0.3) is 0 Å². The Morgan fingerprint density at radius 1 is 1.13 bits per heavy atom. The summed E-state index contributed by atoms with van der Waals surface area (Å²) < 4.78 is 30.3. The molecule has 0 spiro atoms. The van der Waals surface area contributed by atoms with Gasteiger partial charge in [-0.05, 0) is 57.4 Å². The second kappa shape index (κ2) is 11.5. The van der Waals surface area contributed by atoms with Crippen LogP contribution in [-0.4, -0.2) is 92.0 Å². The van der Waals surface area contributed by atoms with Gasteiger partial charge in [0.1, 0.15) is 11.1 Å². The molecule has 3 atom stereocenters. The molecule has 0 saturated carbocycles. The number of ether oxygens (including phenoxy) is 1. The normalized spacial score (nSPS) is 24.6. The van der Waals surface area contributed by atoms with Gasteiger partial charge in [0.15, 0.2) is 9.84 Å². The molecule has 2 heterocycles. The minimum absolute atomic E-state index is 0.0259. The summed E-state index contributed by atoms with van der Waals surface area (Å²) >= 11 is 0. The van der Waals surface area contributed by atoms with Crippen molar-refractivity contribution in [3.05, 3.63) is 70.8 Å². The number of piperazine rings is 1. The Bertz CT molecular complexity index is 1300. The molecule has 0 radical (unpaired) electrons. The van der Waals surface area contributed by atoms with E-state index in [1.807, 2.05) is 58.1 Å². The van der Waals surface area contributed by atoms with Gasteiger partial charge in [-0.3, -0.25) is 4.79 Å². The van der Waals surface area contributed by atoms with Crippen LogP contribution in [0.4, 0.5) is 4.79 Å². The Morgan fingerprint density at radius 3 is 2.46 bits per heavy atom. The number of sulfone groups is 1. The molecule has 0 aromatic heterocycles. The van der Waals surface area contributed by atoms with Gasteiger partial charge in [0.25, 0.3) is 0 Å². The van der Waals surface area contributed by atoms with Gasteiger partial charge in [-0.25, -0.2) is 13.2 Å². The van der Waals surface area contributed by atoms with E-state index >= 15 is 0 Å². The molecule has 9 nitrogen and oxygen atoms in total. The van der Waals surface area contributed by atoms with E-state index < -0.39 is 21.0 Å². The molecule has 10 heteroatoms. The quantitative estimate of drug-likeness (QED) is 0.537. The molecule has 0 bridgehead atoms. The number of hydrogen-bond donors (Lipinski definition) is 1. The van der Waals surface area contributed by atoms with Gasteiger partial charge in [0, 0.05) is 51.2 Å². The average Bonchev–Trinajstić information content (AvgIpc) is 3.04. The standard InChI is InChI=1S/C29H40N4O5S/c1-19(2)38-29(35)33-15-13-32(14-16-33)27-18-24-22(28(34)31(27)5)12-11-20(3)17-23(24)21(4)30-25-9-7-8-10-26(25)39(6,36)37/h7-9,11-12,17-19,21-22,26,30H,10,13-16H2,1-6H3/t21-,22?,26?/m1/s1. The van der Waals surface area contributed by atoms with Crippen LogP contribution in [0.15, 0.2) is 70.8 Å². The molecule has 4 aliphatic rings. The molecule has 2 aliphatic heterocycles. The van der Waals surface area contributed by atoms with Crippen LogP contribution in [0.5, 0.6) is 0 Å². The van der Waals surface area contributed by atoms with Crippen molar-refractivity contribution in [1.29, 1.82) is 0 Å². The van der Waals surface area contributed by atoms with E-state index in [4.69, 9.17) is 4.74 Å². The van der Waals surface area contributed by atoms with Crippen molar-refractivity contribution in [3.8, 4) is 0 Å². The van der Waals surface area contributed by atoms with E-state index in [1.165, 1.54) is 6.26 Å². The van der Waals surface area contributed by atoms with Crippen molar-refractivity contribution in [2.45, 2.75) is 51.5 Å². The number of nitrogens with one attached hydrogen (secondary N) is 1. The zero-order chi connectivity index (χ0) is 28.5. The van der Waals surface area contributed by atoms with Gasteiger partial charge < -0.3 is 24.8 Å². The number of carbonyl (C=O) groups excluding carboxylic acids is 2. The molecule has 39 heavy (non-hydrogen) atoms. The Labute approximate surface area is 232 Å². The fourth-order valence-corrected chi connectivity index (χ4v) is 6.48. The average molecular weight is 557 g/mol. The summed E-state index contributed by atoms with van der Waals surface area (Å²) in [7, 11) is -1.50. The topological polar surface area (TPSA) is 99.3 Å². The second-order valence-electron chi connectivity index (χ2n) is 10.9. The molecular weight excluding hydrogens is 516 g/mol. The SMILES string of the molecule is CC1=CC([C@@H](C)NC2=CC=CCC2S(C)(=O)=O)=C2C=C(N3CCN(C(=O)OC(C)C)CC3)N(C)C(=O)C2C=C1. The summed E-state index contributed by atoms with van der Waals surface area (Å²) in [6.07, 6.45) is 14.8. The first kappa shape index (κ1) is 28.7. The van der Waals surface area contributed by atoms with Gasteiger partial charge in [-0.2, -0.15) is 0 Å². The maximum Gasteiger partial charge on any atom is 0.410 e. The third-order valence-corrected chi connectivity index (χ3v) is 8.98. The van der Waals surface area contributed by atoms with Gasteiger partial charge in [0.2, 0.25) is 5.91 Å². The molecule has 2 aliphatic carbocycles. The molecule has 2 amide bonds. The largest absolute Gasteiger partial charge is 0.447 e. The van der Waals surface area contributed by atoms with Crippen molar-refractivity contribution in [3.63, 3.8) is 0 Å². The van der Waals surface area contributed by atoms with Gasteiger partial charge >= 0.3 is 6.09 Å². The second-order valence-corrected chi connectivity index (χ2v) is 13.1. The predicted octanol–water partition coefficient (Wildman–Crippen LogP) is 3.13. The predicted molar refractivity (Wildman–Crippen MR) is 152 cm³/mol. The molecule has 0 aromatic carbocycles. The third-order valence-electron chi connectivity index (χ3n) is 7.50. The first-order chi connectivity index (χ1) is 18.4. The Balaban J connectivity index is 1.65. The van der Waals surface area contributed by atoms with Crippen LogP contribution in [-0.2, 0) is 19.4 Å². The van der Waals surface area contributed by atoms with Crippen molar-refractivity contribution in [2.24, 2.45) is 5.92 Å². The lowest BCUT2D eigenvalue weighted by Gasteiger charge is -2.42. The number of nitrogens with zero attached hydrogens (tertiary/aromatic N) is 3. The molecule has 1 N–H and O–H groups in total. The molecule has 2 unspecified atom stereocenters. The maximum atomic E-state index is 13.7. The van der Waals surface area contributed by atoms with E-state index in [1.54, 1.807) is 16.8 Å². The van der Waals surface area contributed by atoms with E-state index in [9.17, 15) is 18.0 Å². The van der Waals surface area contributed by atoms with E-state index in [-0.39, 0.29) is 24.1 Å². The van der Waals surface area contributed by atoms with Crippen molar-refractivity contribution in [1.82, 2.24) is 20.0 Å². The molecule has 0 aromatic rings. The minimum atomic E-state index is -3.29. The first-order valence-electron chi connectivity index (χ1n) is 13.5. The van der Waals surface area contributed by atoms with E-state index in [0.29, 0.717) is 38.3 Å². The number of amides is 2. The number of fused-ring (bicyclic) bond motifs is 1. The van der Waals surface area contributed by atoms with Crippen LogP contribution >= 0.6 is 0 Å². The fraction of sp³-hybridized carbons (Fsp3) is 0.517. The molecule has 4 rings (SSSR count). The molecular formula is C29H40N4O5S. The summed E-state index contributed by atoms with van der Waals surface area (Å²) in [4.78, 5) is 31.5. The zero-order valence-electron chi connectivity index (χ0n) is 23.7. The molecule has 1 saturated heterocycles. The highest BCUT2D eigenvalue weighted by Crippen LogP contribution is 2.35. The van der Waals surface area contributed by atoms with Crippen LogP contribution in [0, 0.1) is 5.92 Å². The Morgan fingerprint density at radius 2 is 1.82 bits per heavy atom. The third kappa shape index (κ3) is 6.32.